The summed E-state index contributed by atoms with van der Waals surface area (Å²) in [6, 6.07) is 21.5. The molecule has 3 aromatic carbocycles. The lowest BCUT2D eigenvalue weighted by Crippen LogP contribution is -2.34. The summed E-state index contributed by atoms with van der Waals surface area (Å²) >= 11 is 0. The normalized spacial score (nSPS) is 15.5. The van der Waals surface area contributed by atoms with E-state index in [1.165, 1.54) is 24.3 Å². The second kappa shape index (κ2) is 9.84. The number of rotatable bonds is 7. The number of fused-ring (bicyclic) bond motifs is 1. The first-order valence-corrected chi connectivity index (χ1v) is 11.7. The molecule has 1 saturated heterocycles. The van der Waals surface area contributed by atoms with E-state index in [0.29, 0.717) is 5.92 Å². The van der Waals surface area contributed by atoms with Crippen LogP contribution in [0.15, 0.2) is 77.3 Å². The number of para-hydroxylation sites is 1. The van der Waals surface area contributed by atoms with Crippen LogP contribution in [-0.4, -0.2) is 29.7 Å². The summed E-state index contributed by atoms with van der Waals surface area (Å²) in [6.07, 6.45) is 4.12. The standard InChI is InChI=1S/C28H28F2N2O/c29-23-11-7-20(8-12-23)25(21-9-13-24(30)14-10-21)5-3-17-32-18-15-22(16-19-32)28-26-4-1-2-6-27(26)33-31-28/h1-2,4,6-14,22,25H,3,5,15-19H2. The first kappa shape index (κ1) is 21.8. The van der Waals surface area contributed by atoms with Gasteiger partial charge in [0.15, 0.2) is 5.58 Å². The van der Waals surface area contributed by atoms with Crippen LogP contribution < -0.4 is 0 Å². The van der Waals surface area contributed by atoms with Crippen molar-refractivity contribution in [2.24, 2.45) is 0 Å². The van der Waals surface area contributed by atoms with Crippen molar-refractivity contribution in [3.05, 3.63) is 101 Å². The third-order valence-corrected chi connectivity index (χ3v) is 6.89. The molecule has 2 heterocycles. The van der Waals surface area contributed by atoms with Crippen LogP contribution >= 0.6 is 0 Å². The highest BCUT2D eigenvalue weighted by Crippen LogP contribution is 2.33. The number of aromatic nitrogens is 1. The molecule has 1 aliphatic rings. The minimum Gasteiger partial charge on any atom is -0.356 e. The first-order chi connectivity index (χ1) is 16.2. The van der Waals surface area contributed by atoms with Gasteiger partial charge in [0.1, 0.15) is 11.6 Å². The van der Waals surface area contributed by atoms with Crippen molar-refractivity contribution in [1.29, 1.82) is 0 Å². The van der Waals surface area contributed by atoms with Crippen LogP contribution in [-0.2, 0) is 0 Å². The van der Waals surface area contributed by atoms with Crippen LogP contribution in [0.3, 0.4) is 0 Å². The lowest BCUT2D eigenvalue weighted by Gasteiger charge is -2.31. The van der Waals surface area contributed by atoms with Gasteiger partial charge in [-0.05, 0) is 92.8 Å². The molecule has 170 valence electrons. The Hall–Kier alpha value is -3.05. The van der Waals surface area contributed by atoms with Crippen LogP contribution in [0.5, 0.6) is 0 Å². The van der Waals surface area contributed by atoms with Gasteiger partial charge in [-0.2, -0.15) is 0 Å². The average Bonchev–Trinajstić information content (AvgIpc) is 3.28. The number of piperidine rings is 1. The largest absolute Gasteiger partial charge is 0.356 e. The van der Waals surface area contributed by atoms with Gasteiger partial charge >= 0.3 is 0 Å². The highest BCUT2D eigenvalue weighted by atomic mass is 19.1. The molecule has 0 radical (unpaired) electrons. The molecule has 0 N–H and O–H groups in total. The number of hydrogen-bond acceptors (Lipinski definition) is 3. The molecule has 0 unspecified atom stereocenters. The van der Waals surface area contributed by atoms with Crippen LogP contribution in [0.4, 0.5) is 8.78 Å². The van der Waals surface area contributed by atoms with Crippen LogP contribution in [0.1, 0.15) is 54.3 Å². The van der Waals surface area contributed by atoms with Gasteiger partial charge in [0, 0.05) is 17.2 Å². The number of halogens is 2. The van der Waals surface area contributed by atoms with Crippen LogP contribution in [0, 0.1) is 11.6 Å². The summed E-state index contributed by atoms with van der Waals surface area (Å²) in [4.78, 5) is 2.52. The lowest BCUT2D eigenvalue weighted by molar-refractivity contribution is 0.205. The van der Waals surface area contributed by atoms with E-state index in [1.807, 2.05) is 42.5 Å². The predicted octanol–water partition coefficient (Wildman–Crippen LogP) is 6.90. The third kappa shape index (κ3) is 4.98. The maximum absolute atomic E-state index is 13.5. The van der Waals surface area contributed by atoms with Gasteiger partial charge in [-0.15, -0.1) is 0 Å². The van der Waals surface area contributed by atoms with Gasteiger partial charge in [-0.25, -0.2) is 8.78 Å². The van der Waals surface area contributed by atoms with E-state index < -0.39 is 0 Å². The van der Waals surface area contributed by atoms with E-state index >= 15 is 0 Å². The molecule has 4 aromatic rings. The predicted molar refractivity (Wildman–Crippen MR) is 126 cm³/mol. The second-order valence-electron chi connectivity index (χ2n) is 8.98. The quantitative estimate of drug-likeness (QED) is 0.309. The van der Waals surface area contributed by atoms with E-state index in [0.717, 1.165) is 73.1 Å². The lowest BCUT2D eigenvalue weighted by atomic mass is 9.87. The van der Waals surface area contributed by atoms with Crippen LogP contribution in [0.25, 0.3) is 11.0 Å². The smallest absolute Gasteiger partial charge is 0.167 e. The number of likely N-dealkylation sites (tertiary alicyclic amines) is 1. The van der Waals surface area contributed by atoms with Crippen molar-refractivity contribution in [3.8, 4) is 0 Å². The molecule has 33 heavy (non-hydrogen) atoms. The molecular formula is C28H28F2N2O. The number of hydrogen-bond donors (Lipinski definition) is 0. The van der Waals surface area contributed by atoms with Gasteiger partial charge in [-0.3, -0.25) is 0 Å². The Labute approximate surface area is 193 Å². The second-order valence-corrected chi connectivity index (χ2v) is 8.98. The summed E-state index contributed by atoms with van der Waals surface area (Å²) in [5.74, 6) is 0.0973. The molecule has 0 aliphatic carbocycles. The van der Waals surface area contributed by atoms with E-state index in [4.69, 9.17) is 4.52 Å². The highest BCUT2D eigenvalue weighted by molar-refractivity contribution is 5.79. The Balaban J connectivity index is 1.19. The van der Waals surface area contributed by atoms with Crippen molar-refractivity contribution >= 4 is 11.0 Å². The van der Waals surface area contributed by atoms with Crippen LogP contribution in [0.2, 0.25) is 0 Å². The molecule has 3 nitrogen and oxygen atoms in total. The summed E-state index contributed by atoms with van der Waals surface area (Å²) in [5.41, 5.74) is 4.10. The van der Waals surface area contributed by atoms with Crippen molar-refractivity contribution in [2.45, 2.75) is 37.5 Å². The molecule has 0 spiro atoms. The Morgan fingerprint density at radius 3 is 2.09 bits per heavy atom. The molecule has 5 heteroatoms. The maximum atomic E-state index is 13.5. The fourth-order valence-electron chi connectivity index (χ4n) is 5.06. The topological polar surface area (TPSA) is 29.3 Å². The van der Waals surface area contributed by atoms with Gasteiger partial charge in [0.05, 0.1) is 5.69 Å². The van der Waals surface area contributed by atoms with E-state index in [9.17, 15) is 8.78 Å². The SMILES string of the molecule is Fc1ccc(C(CCCN2CCC(c3noc4ccccc34)CC2)c2ccc(F)cc2)cc1. The number of benzene rings is 3. The monoisotopic (exact) mass is 446 g/mol. The molecule has 1 aromatic heterocycles. The minimum atomic E-state index is -0.237. The molecular weight excluding hydrogens is 418 g/mol. The van der Waals surface area contributed by atoms with Crippen molar-refractivity contribution in [2.75, 3.05) is 19.6 Å². The Kier molecular flexibility index (Phi) is 6.49. The average molecular weight is 447 g/mol. The van der Waals surface area contributed by atoms with E-state index in [1.54, 1.807) is 0 Å². The summed E-state index contributed by atoms with van der Waals surface area (Å²) in [5, 5.41) is 5.50. The van der Waals surface area contributed by atoms with Crippen molar-refractivity contribution in [3.63, 3.8) is 0 Å². The highest BCUT2D eigenvalue weighted by Gasteiger charge is 2.25. The molecule has 0 amide bonds. The summed E-state index contributed by atoms with van der Waals surface area (Å²) in [7, 11) is 0. The zero-order chi connectivity index (χ0) is 22.6. The zero-order valence-corrected chi connectivity index (χ0v) is 18.6. The fourth-order valence-corrected chi connectivity index (χ4v) is 5.06. The first-order valence-electron chi connectivity index (χ1n) is 11.7. The molecule has 0 bridgehead atoms. The maximum Gasteiger partial charge on any atom is 0.167 e. The van der Waals surface area contributed by atoms with Gasteiger partial charge in [0.25, 0.3) is 0 Å². The van der Waals surface area contributed by atoms with E-state index in [2.05, 4.69) is 16.1 Å². The van der Waals surface area contributed by atoms with Gasteiger partial charge < -0.3 is 9.42 Å². The Morgan fingerprint density at radius 2 is 1.45 bits per heavy atom. The summed E-state index contributed by atoms with van der Waals surface area (Å²) in [6.45, 7) is 3.11. The summed E-state index contributed by atoms with van der Waals surface area (Å²) < 4.78 is 32.4. The minimum absolute atomic E-state index is 0.130. The molecule has 0 atom stereocenters. The van der Waals surface area contributed by atoms with Gasteiger partial charge in [0.2, 0.25) is 0 Å². The third-order valence-electron chi connectivity index (χ3n) is 6.89. The molecule has 5 rings (SSSR count). The molecule has 0 saturated carbocycles. The van der Waals surface area contributed by atoms with Crippen molar-refractivity contribution in [1.82, 2.24) is 10.1 Å². The zero-order valence-electron chi connectivity index (χ0n) is 18.6. The molecule has 1 fully saturated rings. The van der Waals surface area contributed by atoms with Gasteiger partial charge in [-0.1, -0.05) is 41.6 Å². The Bertz CT molecular complexity index is 1130. The fraction of sp³-hybridized carbons (Fsp3) is 0.321. The molecule has 1 aliphatic heterocycles. The Morgan fingerprint density at radius 1 is 0.848 bits per heavy atom. The van der Waals surface area contributed by atoms with Crippen molar-refractivity contribution < 1.29 is 13.3 Å². The number of nitrogens with zero attached hydrogens (tertiary/aromatic N) is 2. The van der Waals surface area contributed by atoms with E-state index in [-0.39, 0.29) is 17.6 Å².